The Morgan fingerprint density at radius 2 is 1.58 bits per heavy atom. The third-order valence-electron chi connectivity index (χ3n) is 4.96. The summed E-state index contributed by atoms with van der Waals surface area (Å²) in [6, 6.07) is 14.5. The molecule has 0 bridgehead atoms. The van der Waals surface area contributed by atoms with Crippen LogP contribution in [0.25, 0.3) is 0 Å². The van der Waals surface area contributed by atoms with E-state index in [4.69, 9.17) is 4.74 Å². The number of rotatable bonds is 9. The fourth-order valence-electron chi connectivity index (χ4n) is 3.46. The summed E-state index contributed by atoms with van der Waals surface area (Å²) >= 11 is 0. The summed E-state index contributed by atoms with van der Waals surface area (Å²) < 4.78 is 39.1. The van der Waals surface area contributed by atoms with Crippen molar-refractivity contribution in [1.82, 2.24) is 0 Å². The van der Waals surface area contributed by atoms with Gasteiger partial charge in [0.15, 0.2) is 5.88 Å². The molecule has 0 aliphatic carbocycles. The van der Waals surface area contributed by atoms with E-state index < -0.39 is 10.1 Å². The first-order valence-corrected chi connectivity index (χ1v) is 11.6. The summed E-state index contributed by atoms with van der Waals surface area (Å²) in [5.41, 5.74) is 2.89. The summed E-state index contributed by atoms with van der Waals surface area (Å²) in [5, 5.41) is 3.17. The summed E-state index contributed by atoms with van der Waals surface area (Å²) in [4.78, 5) is -0.186. The molecule has 2 aromatic carbocycles. The van der Waals surface area contributed by atoms with Crippen LogP contribution in [0.4, 0.5) is 5.69 Å². The van der Waals surface area contributed by atoms with E-state index in [1.807, 2.05) is 32.9 Å². The van der Waals surface area contributed by atoms with E-state index >= 15 is 0 Å². The molecule has 0 amide bonds. The van der Waals surface area contributed by atoms with Gasteiger partial charge >= 0.3 is 29.6 Å². The minimum absolute atomic E-state index is 0. The molecule has 5 nitrogen and oxygen atoms in total. The van der Waals surface area contributed by atoms with Crippen molar-refractivity contribution in [3.63, 3.8) is 0 Å². The summed E-state index contributed by atoms with van der Waals surface area (Å²) in [5.74, 6) is 1.11. The Hall–Kier alpha value is -1.31. The Bertz CT molecular complexity index is 949. The fraction of sp³-hybridized carbons (Fsp3) is 0.417. The zero-order chi connectivity index (χ0) is 22.5. The van der Waals surface area contributed by atoms with Gasteiger partial charge in [-0.15, -0.1) is 0 Å². The van der Waals surface area contributed by atoms with Gasteiger partial charge in [0.1, 0.15) is 15.7 Å². The quantitative estimate of drug-likeness (QED) is 0.359. The Morgan fingerprint density at radius 3 is 2.03 bits per heavy atom. The molecule has 0 aliphatic heterocycles. The second-order valence-corrected chi connectivity index (χ2v) is 10.0. The summed E-state index contributed by atoms with van der Waals surface area (Å²) in [7, 11) is -4.41. The van der Waals surface area contributed by atoms with Crippen LogP contribution in [-0.4, -0.2) is 18.6 Å². The topological polar surface area (TPSA) is 78.5 Å². The number of nitrogens with one attached hydrogen (secondary N) is 1. The second-order valence-electron chi connectivity index (χ2n) is 8.65. The van der Waals surface area contributed by atoms with Crippen molar-refractivity contribution in [2.24, 2.45) is 0 Å². The molecule has 0 saturated carbocycles. The molecule has 2 rings (SSSR count). The number of anilines is 1. The Kier molecular flexibility index (Phi) is 10.3. The number of hydrogen-bond donors (Lipinski definition) is 1. The average Bonchev–Trinajstić information content (AvgIpc) is 2.64. The predicted molar refractivity (Wildman–Crippen MR) is 121 cm³/mol. The van der Waals surface area contributed by atoms with Crippen LogP contribution < -0.4 is 34.9 Å². The predicted octanol–water partition coefficient (Wildman–Crippen LogP) is 2.98. The van der Waals surface area contributed by atoms with E-state index in [2.05, 4.69) is 37.9 Å². The van der Waals surface area contributed by atoms with Crippen molar-refractivity contribution in [3.8, 4) is 0 Å². The van der Waals surface area contributed by atoms with Crippen LogP contribution in [0.15, 0.2) is 65.9 Å². The molecular weight excluding hydrogens is 421 g/mol. The van der Waals surface area contributed by atoms with Crippen molar-refractivity contribution in [1.29, 1.82) is 0 Å². The standard InChI is InChI=1S/C24H33NO4S.Na/c1-7-19(21-10-14-23(15-11-21)30(26,27)28)16-17(2)20-8-12-22(13-9-20)25-18(3)29-24(4,5)6;/h8-15,17,19,25H,3,7,16H2,1-2,4-6H3,(H,26,27,28);/q;+1/p-1. The molecule has 2 aromatic rings. The van der Waals surface area contributed by atoms with Crippen LogP contribution in [0.3, 0.4) is 0 Å². The van der Waals surface area contributed by atoms with Gasteiger partial charge in [0.25, 0.3) is 0 Å². The summed E-state index contributed by atoms with van der Waals surface area (Å²) in [6.07, 6.45) is 1.85. The van der Waals surface area contributed by atoms with Crippen LogP contribution in [0.2, 0.25) is 0 Å². The van der Waals surface area contributed by atoms with Gasteiger partial charge in [-0.3, -0.25) is 0 Å². The second kappa shape index (κ2) is 11.5. The van der Waals surface area contributed by atoms with E-state index in [9.17, 15) is 13.0 Å². The van der Waals surface area contributed by atoms with Crippen molar-refractivity contribution >= 4 is 15.8 Å². The zero-order valence-corrected chi connectivity index (χ0v) is 22.3. The van der Waals surface area contributed by atoms with E-state index in [0.717, 1.165) is 24.1 Å². The van der Waals surface area contributed by atoms with Gasteiger partial charge in [-0.1, -0.05) is 38.1 Å². The molecule has 0 heterocycles. The minimum Gasteiger partial charge on any atom is -0.744 e. The molecule has 164 valence electrons. The van der Waals surface area contributed by atoms with Crippen LogP contribution in [0.5, 0.6) is 0 Å². The molecule has 0 saturated heterocycles. The molecule has 0 radical (unpaired) electrons. The number of ether oxygens (including phenoxy) is 1. The van der Waals surface area contributed by atoms with Crippen molar-refractivity contribution in [2.75, 3.05) is 5.32 Å². The van der Waals surface area contributed by atoms with E-state index in [1.54, 1.807) is 12.1 Å². The van der Waals surface area contributed by atoms with Crippen LogP contribution in [0, 0.1) is 0 Å². The molecule has 0 spiro atoms. The maximum Gasteiger partial charge on any atom is 1.00 e. The molecule has 2 atom stereocenters. The monoisotopic (exact) mass is 453 g/mol. The molecule has 1 N–H and O–H groups in total. The molecule has 7 heteroatoms. The average molecular weight is 454 g/mol. The molecule has 31 heavy (non-hydrogen) atoms. The van der Waals surface area contributed by atoms with Gasteiger partial charge in [0.2, 0.25) is 0 Å². The van der Waals surface area contributed by atoms with Gasteiger partial charge in [0.05, 0.1) is 4.90 Å². The maximum atomic E-state index is 11.1. The van der Waals surface area contributed by atoms with Crippen molar-refractivity contribution in [3.05, 3.63) is 72.1 Å². The van der Waals surface area contributed by atoms with Crippen LogP contribution >= 0.6 is 0 Å². The first-order valence-electron chi connectivity index (χ1n) is 10.2. The Labute approximate surface area is 209 Å². The van der Waals surface area contributed by atoms with Gasteiger partial charge in [0, 0.05) is 5.69 Å². The number of hydrogen-bond acceptors (Lipinski definition) is 5. The Balaban J connectivity index is 0.00000480. The molecule has 0 fully saturated rings. The molecule has 0 aliphatic rings. The minimum atomic E-state index is -4.41. The van der Waals surface area contributed by atoms with Crippen molar-refractivity contribution in [2.45, 2.75) is 69.8 Å². The molecular formula is C24H32NNaO4S. The summed E-state index contributed by atoms with van der Waals surface area (Å²) in [6.45, 7) is 14.1. The van der Waals surface area contributed by atoms with Gasteiger partial charge in [-0.2, -0.15) is 0 Å². The fourth-order valence-corrected chi connectivity index (χ4v) is 3.93. The largest absolute Gasteiger partial charge is 1.00 e. The normalized spacial score (nSPS) is 13.6. The SMILES string of the molecule is C=C(Nc1ccc(C(C)CC(CC)c2ccc(S(=O)(=O)[O-])cc2)cc1)OC(C)(C)C.[Na+]. The van der Waals surface area contributed by atoms with Gasteiger partial charge in [-0.25, -0.2) is 8.42 Å². The first kappa shape index (κ1) is 27.7. The molecule has 0 aromatic heterocycles. The maximum absolute atomic E-state index is 11.1. The Morgan fingerprint density at radius 1 is 1.06 bits per heavy atom. The van der Waals surface area contributed by atoms with Gasteiger partial charge < -0.3 is 14.6 Å². The van der Waals surface area contributed by atoms with Crippen LogP contribution in [-0.2, 0) is 14.9 Å². The number of benzene rings is 2. The van der Waals surface area contributed by atoms with Crippen LogP contribution in [0.1, 0.15) is 70.4 Å². The van der Waals surface area contributed by atoms with E-state index in [1.165, 1.54) is 17.7 Å². The smallest absolute Gasteiger partial charge is 0.744 e. The molecule has 2 unspecified atom stereocenters. The third kappa shape index (κ3) is 8.99. The van der Waals surface area contributed by atoms with E-state index in [0.29, 0.717) is 11.8 Å². The first-order chi connectivity index (χ1) is 13.9. The van der Waals surface area contributed by atoms with Crippen molar-refractivity contribution < 1.29 is 47.3 Å². The van der Waals surface area contributed by atoms with Gasteiger partial charge in [-0.05, 0) is 87.4 Å². The van der Waals surface area contributed by atoms with E-state index in [-0.39, 0.29) is 46.0 Å². The zero-order valence-electron chi connectivity index (χ0n) is 19.4. The third-order valence-corrected chi connectivity index (χ3v) is 5.81.